The van der Waals surface area contributed by atoms with E-state index in [1.54, 1.807) is 5.38 Å². The zero-order valence-electron chi connectivity index (χ0n) is 4.60. The van der Waals surface area contributed by atoms with E-state index in [-0.39, 0.29) is 0 Å². The molecule has 5 heteroatoms. The van der Waals surface area contributed by atoms with Gasteiger partial charge in [0.25, 0.3) is 0 Å². The predicted molar refractivity (Wildman–Crippen MR) is 55.6 cm³/mol. The molecular formula is C5HClINS2. The van der Waals surface area contributed by atoms with E-state index in [2.05, 4.69) is 37.4 Å². The second-order valence-electron chi connectivity index (χ2n) is 1.28. The Kier molecular flexibility index (Phi) is 3.84. The van der Waals surface area contributed by atoms with Crippen LogP contribution in [0.1, 0.15) is 5.01 Å². The molecule has 0 bridgehead atoms. The number of hydrogen-bond acceptors (Lipinski definition) is 3. The van der Waals surface area contributed by atoms with Gasteiger partial charge in [0.15, 0.2) is 5.01 Å². The van der Waals surface area contributed by atoms with E-state index in [0.29, 0.717) is 5.15 Å². The lowest BCUT2D eigenvalue weighted by Gasteiger charge is -1.71. The molecule has 0 fully saturated rings. The number of thiazole rings is 1. The topological polar surface area (TPSA) is 12.9 Å². The van der Waals surface area contributed by atoms with E-state index in [1.807, 2.05) is 0 Å². The van der Waals surface area contributed by atoms with Gasteiger partial charge >= 0.3 is 0 Å². The van der Waals surface area contributed by atoms with Crippen molar-refractivity contribution in [2.75, 3.05) is 0 Å². The maximum Gasteiger partial charge on any atom is 0.169 e. The molecule has 0 atom stereocenters. The molecule has 1 nitrogen and oxygen atoms in total. The van der Waals surface area contributed by atoms with Gasteiger partial charge in [0, 0.05) is 26.6 Å². The molecule has 0 amide bonds. The molecule has 52 valence electrons. The molecule has 0 spiro atoms. The first-order chi connectivity index (χ1) is 4.83. The number of hydrogen-bond donors (Lipinski definition) is 0. The van der Waals surface area contributed by atoms with Crippen molar-refractivity contribution in [2.45, 2.75) is 0 Å². The third kappa shape index (κ3) is 2.66. The summed E-state index contributed by atoms with van der Waals surface area (Å²) in [6, 6.07) is 0. The van der Waals surface area contributed by atoms with E-state index in [9.17, 15) is 0 Å². The fourth-order valence-corrected chi connectivity index (χ4v) is 1.70. The van der Waals surface area contributed by atoms with E-state index >= 15 is 0 Å². The lowest BCUT2D eigenvalue weighted by Crippen LogP contribution is -1.66. The molecule has 0 saturated heterocycles. The summed E-state index contributed by atoms with van der Waals surface area (Å²) in [5.41, 5.74) is 0. The normalized spacial score (nSPS) is 8.60. The fourth-order valence-electron chi connectivity index (χ4n) is 0.375. The standard InChI is InChI=1S/C5HClINS2/c6-4-3-9-5(8-4)1-2-10-7/h3H. The van der Waals surface area contributed by atoms with Crippen LogP contribution in [-0.2, 0) is 0 Å². The predicted octanol–water partition coefficient (Wildman–Crippen LogP) is 3.19. The van der Waals surface area contributed by atoms with Crippen molar-refractivity contribution in [1.29, 1.82) is 0 Å². The smallest absolute Gasteiger partial charge is 0.169 e. The quantitative estimate of drug-likeness (QED) is 0.539. The van der Waals surface area contributed by atoms with Gasteiger partial charge in [0.2, 0.25) is 0 Å². The highest BCUT2D eigenvalue weighted by Crippen LogP contribution is 2.14. The van der Waals surface area contributed by atoms with E-state index in [1.165, 1.54) is 20.3 Å². The third-order valence-electron chi connectivity index (χ3n) is 0.673. The summed E-state index contributed by atoms with van der Waals surface area (Å²) in [4.78, 5) is 3.94. The van der Waals surface area contributed by atoms with E-state index in [4.69, 9.17) is 11.6 Å². The summed E-state index contributed by atoms with van der Waals surface area (Å²) in [5.74, 6) is 2.84. The molecule has 10 heavy (non-hydrogen) atoms. The second kappa shape index (κ2) is 4.44. The summed E-state index contributed by atoms with van der Waals surface area (Å²) in [5, 5.41) is 5.88. The number of rotatable bonds is 0. The first-order valence-corrected chi connectivity index (χ1v) is 6.84. The zero-order valence-corrected chi connectivity index (χ0v) is 9.14. The molecule has 0 aliphatic carbocycles. The second-order valence-corrected chi connectivity index (χ2v) is 4.20. The van der Waals surface area contributed by atoms with Gasteiger partial charge in [-0.15, -0.1) is 11.3 Å². The monoisotopic (exact) mass is 301 g/mol. The minimum atomic E-state index is 0.521. The Morgan fingerprint density at radius 3 is 3.10 bits per heavy atom. The molecule has 0 aliphatic heterocycles. The molecule has 1 aromatic rings. The summed E-state index contributed by atoms with van der Waals surface area (Å²) in [6.45, 7) is 0. The highest BCUT2D eigenvalue weighted by atomic mass is 127. The minimum absolute atomic E-state index is 0.521. The van der Waals surface area contributed by atoms with Crippen molar-refractivity contribution in [3.8, 4) is 11.2 Å². The van der Waals surface area contributed by atoms with Crippen molar-refractivity contribution in [2.24, 2.45) is 0 Å². The van der Waals surface area contributed by atoms with Crippen molar-refractivity contribution in [3.05, 3.63) is 15.5 Å². The summed E-state index contributed by atoms with van der Waals surface area (Å²) >= 11 is 9.13. The van der Waals surface area contributed by atoms with Crippen molar-refractivity contribution in [3.63, 3.8) is 0 Å². The van der Waals surface area contributed by atoms with Crippen LogP contribution in [0.15, 0.2) is 5.38 Å². The van der Waals surface area contributed by atoms with Crippen LogP contribution in [0.4, 0.5) is 0 Å². The average molecular weight is 302 g/mol. The van der Waals surface area contributed by atoms with Crippen LogP contribution in [0.5, 0.6) is 0 Å². The summed E-state index contributed by atoms with van der Waals surface area (Å²) in [6.07, 6.45) is 0. The van der Waals surface area contributed by atoms with Gasteiger partial charge in [0.1, 0.15) is 5.15 Å². The Bertz CT molecular complexity index is 275. The first kappa shape index (κ1) is 8.65. The number of halogens is 2. The lowest BCUT2D eigenvalue weighted by molar-refractivity contribution is 1.39. The van der Waals surface area contributed by atoms with Gasteiger partial charge in [-0.3, -0.25) is 0 Å². The van der Waals surface area contributed by atoms with Crippen LogP contribution >= 0.6 is 53.1 Å². The van der Waals surface area contributed by atoms with Gasteiger partial charge in [-0.2, -0.15) is 0 Å². The SMILES string of the molecule is Clc1csc(C#CSI)n1. The van der Waals surface area contributed by atoms with Gasteiger partial charge in [-0.25, -0.2) is 4.98 Å². The average Bonchev–Trinajstić information content (AvgIpc) is 2.31. The van der Waals surface area contributed by atoms with Crippen molar-refractivity contribution < 1.29 is 0 Å². The summed E-state index contributed by atoms with van der Waals surface area (Å²) < 4.78 is 0. The molecule has 1 heterocycles. The highest BCUT2D eigenvalue weighted by Gasteiger charge is 1.92. The molecular weight excluding hydrogens is 301 g/mol. The lowest BCUT2D eigenvalue weighted by atomic mass is 10.7. The van der Waals surface area contributed by atoms with Crippen LogP contribution in [0.2, 0.25) is 5.15 Å². The maximum atomic E-state index is 5.56. The molecule has 0 unspecified atom stereocenters. The summed E-state index contributed by atoms with van der Waals surface area (Å²) in [7, 11) is 1.44. The maximum absolute atomic E-state index is 5.56. The van der Waals surface area contributed by atoms with Crippen LogP contribution in [0.25, 0.3) is 0 Å². The van der Waals surface area contributed by atoms with Crippen LogP contribution < -0.4 is 0 Å². The van der Waals surface area contributed by atoms with Crippen molar-refractivity contribution >= 4 is 53.1 Å². The minimum Gasteiger partial charge on any atom is -0.216 e. The van der Waals surface area contributed by atoms with Crippen LogP contribution in [0, 0.1) is 11.2 Å². The molecule has 1 rings (SSSR count). The van der Waals surface area contributed by atoms with Gasteiger partial charge in [-0.1, -0.05) is 11.6 Å². The Morgan fingerprint density at radius 1 is 1.80 bits per heavy atom. The highest BCUT2D eigenvalue weighted by molar-refractivity contribution is 14.2. The van der Waals surface area contributed by atoms with Crippen LogP contribution in [0.3, 0.4) is 0 Å². The van der Waals surface area contributed by atoms with Crippen molar-refractivity contribution in [1.82, 2.24) is 4.98 Å². The van der Waals surface area contributed by atoms with E-state index in [0.717, 1.165) is 5.01 Å². The number of aromatic nitrogens is 1. The molecule has 0 aliphatic rings. The molecule has 0 N–H and O–H groups in total. The van der Waals surface area contributed by atoms with Crippen LogP contribution in [-0.4, -0.2) is 4.98 Å². The zero-order chi connectivity index (χ0) is 7.40. The molecule has 0 radical (unpaired) electrons. The Labute approximate surface area is 84.2 Å². The van der Waals surface area contributed by atoms with E-state index < -0.39 is 0 Å². The Morgan fingerprint density at radius 2 is 2.60 bits per heavy atom. The van der Waals surface area contributed by atoms with Gasteiger partial charge in [0.05, 0.1) is 0 Å². The largest absolute Gasteiger partial charge is 0.216 e. The third-order valence-corrected chi connectivity index (χ3v) is 2.59. The Balaban J connectivity index is 2.76. The molecule has 0 aromatic carbocycles. The Hall–Kier alpha value is 0.560. The first-order valence-electron chi connectivity index (χ1n) is 2.22. The molecule has 1 aromatic heterocycles. The fraction of sp³-hybridized carbons (Fsp3) is 0. The number of nitrogens with zero attached hydrogens (tertiary/aromatic N) is 1. The van der Waals surface area contributed by atoms with Gasteiger partial charge in [-0.05, 0) is 20.1 Å². The molecule has 0 saturated carbocycles. The van der Waals surface area contributed by atoms with Gasteiger partial charge < -0.3 is 0 Å².